The molecule has 1 saturated carbocycles. The normalized spacial score (nSPS) is 36.0. The van der Waals surface area contributed by atoms with E-state index in [-0.39, 0.29) is 6.10 Å². The number of hydrogen-bond donors (Lipinski definition) is 1. The molecule has 0 aromatic rings. The molecule has 0 unspecified atom stereocenters. The first kappa shape index (κ1) is 8.37. The molecule has 0 aliphatic heterocycles. The molecular formula is C8H14O3. The van der Waals surface area contributed by atoms with Crippen molar-refractivity contribution in [3.63, 3.8) is 0 Å². The van der Waals surface area contributed by atoms with Gasteiger partial charge < -0.3 is 9.84 Å². The Morgan fingerprint density at radius 2 is 2.27 bits per heavy atom. The van der Waals surface area contributed by atoms with Gasteiger partial charge in [-0.2, -0.15) is 0 Å². The van der Waals surface area contributed by atoms with Crippen molar-refractivity contribution in [3.8, 4) is 0 Å². The molecule has 0 heterocycles. The summed E-state index contributed by atoms with van der Waals surface area (Å²) in [4.78, 5) is 10.1. The zero-order valence-electron chi connectivity index (χ0n) is 6.96. The first-order valence-electron chi connectivity index (χ1n) is 3.95. The average Bonchev–Trinajstić information content (AvgIpc) is 1.83. The molecule has 0 bridgehead atoms. The Labute approximate surface area is 66.4 Å². The van der Waals surface area contributed by atoms with Gasteiger partial charge in [0.05, 0.1) is 0 Å². The molecule has 3 heteroatoms. The van der Waals surface area contributed by atoms with Crippen LogP contribution in [0.1, 0.15) is 33.1 Å². The minimum Gasteiger partial charge on any atom is -0.450 e. The zero-order valence-corrected chi connectivity index (χ0v) is 6.96. The Kier molecular flexibility index (Phi) is 2.07. The highest BCUT2D eigenvalue weighted by atomic mass is 16.7. The molecule has 1 fully saturated rings. The molecule has 1 aliphatic rings. The Hall–Kier alpha value is -0.730. The van der Waals surface area contributed by atoms with Gasteiger partial charge in [0.2, 0.25) is 0 Å². The number of rotatable bonds is 2. The van der Waals surface area contributed by atoms with Crippen molar-refractivity contribution in [1.82, 2.24) is 0 Å². The van der Waals surface area contributed by atoms with Gasteiger partial charge in [-0.05, 0) is 18.3 Å². The summed E-state index contributed by atoms with van der Waals surface area (Å²) in [6.45, 7) is 4.28. The van der Waals surface area contributed by atoms with Gasteiger partial charge >= 0.3 is 6.16 Å². The summed E-state index contributed by atoms with van der Waals surface area (Å²) in [6.07, 6.45) is 1.68. The van der Waals surface area contributed by atoms with Crippen LogP contribution in [0.25, 0.3) is 0 Å². The summed E-state index contributed by atoms with van der Waals surface area (Å²) >= 11 is 0. The van der Waals surface area contributed by atoms with Crippen LogP contribution >= 0.6 is 0 Å². The molecule has 0 spiro atoms. The molecule has 11 heavy (non-hydrogen) atoms. The molecule has 0 saturated heterocycles. The van der Waals surface area contributed by atoms with E-state index in [1.165, 1.54) is 0 Å². The van der Waals surface area contributed by atoms with Gasteiger partial charge in [-0.1, -0.05) is 20.3 Å². The van der Waals surface area contributed by atoms with Crippen LogP contribution in [-0.4, -0.2) is 17.4 Å². The van der Waals surface area contributed by atoms with Crippen LogP contribution in [0.2, 0.25) is 0 Å². The van der Waals surface area contributed by atoms with Crippen LogP contribution < -0.4 is 0 Å². The van der Waals surface area contributed by atoms with E-state index in [9.17, 15) is 4.79 Å². The van der Waals surface area contributed by atoms with Gasteiger partial charge in [0, 0.05) is 0 Å². The van der Waals surface area contributed by atoms with Crippen molar-refractivity contribution in [1.29, 1.82) is 0 Å². The Balaban J connectivity index is 2.23. The lowest BCUT2D eigenvalue weighted by Gasteiger charge is -2.43. The van der Waals surface area contributed by atoms with Crippen molar-refractivity contribution >= 4 is 6.16 Å². The summed E-state index contributed by atoms with van der Waals surface area (Å²) in [7, 11) is 0. The predicted octanol–water partition coefficient (Wildman–Crippen LogP) is 2.26. The van der Waals surface area contributed by atoms with Crippen molar-refractivity contribution in [2.45, 2.75) is 39.2 Å². The van der Waals surface area contributed by atoms with E-state index in [1.807, 2.05) is 0 Å². The smallest absolute Gasteiger partial charge is 0.450 e. The first-order chi connectivity index (χ1) is 5.06. The number of ether oxygens (including phenoxy) is 1. The third-order valence-electron chi connectivity index (χ3n) is 2.56. The highest BCUT2D eigenvalue weighted by Crippen LogP contribution is 2.44. The first-order valence-corrected chi connectivity index (χ1v) is 3.95. The molecule has 1 aliphatic carbocycles. The summed E-state index contributed by atoms with van der Waals surface area (Å²) in [5.41, 5.74) is 0.333. The van der Waals surface area contributed by atoms with Crippen molar-refractivity contribution in [3.05, 3.63) is 0 Å². The van der Waals surface area contributed by atoms with Crippen LogP contribution in [0, 0.1) is 5.41 Å². The summed E-state index contributed by atoms with van der Waals surface area (Å²) < 4.78 is 4.60. The van der Waals surface area contributed by atoms with Gasteiger partial charge in [-0.25, -0.2) is 4.79 Å². The van der Waals surface area contributed by atoms with Crippen molar-refractivity contribution in [2.24, 2.45) is 5.41 Å². The van der Waals surface area contributed by atoms with Gasteiger partial charge in [0.25, 0.3) is 0 Å². The van der Waals surface area contributed by atoms with E-state index in [4.69, 9.17) is 5.11 Å². The second kappa shape index (κ2) is 2.72. The molecule has 0 aromatic heterocycles. The molecule has 0 radical (unpaired) electrons. The van der Waals surface area contributed by atoms with Gasteiger partial charge in [-0.3, -0.25) is 0 Å². The fourth-order valence-corrected chi connectivity index (χ4v) is 1.55. The number of carboxylic acid groups (broad SMARTS) is 1. The van der Waals surface area contributed by atoms with E-state index >= 15 is 0 Å². The van der Waals surface area contributed by atoms with E-state index in [1.54, 1.807) is 0 Å². The zero-order chi connectivity index (χ0) is 8.48. The summed E-state index contributed by atoms with van der Waals surface area (Å²) in [5.74, 6) is 0. The SMILES string of the molecule is CCC1(C)CC(OC(=O)O)C1. The van der Waals surface area contributed by atoms with Crippen LogP contribution in [0.3, 0.4) is 0 Å². The number of carbonyl (C=O) groups is 1. The molecule has 3 nitrogen and oxygen atoms in total. The Bertz CT molecular complexity index is 159. The van der Waals surface area contributed by atoms with Crippen molar-refractivity contribution < 1.29 is 14.6 Å². The monoisotopic (exact) mass is 158 g/mol. The lowest BCUT2D eigenvalue weighted by atomic mass is 9.67. The van der Waals surface area contributed by atoms with E-state index in [0.717, 1.165) is 19.3 Å². The van der Waals surface area contributed by atoms with Crippen molar-refractivity contribution in [2.75, 3.05) is 0 Å². The lowest BCUT2D eigenvalue weighted by molar-refractivity contribution is -0.0514. The third kappa shape index (κ3) is 1.85. The summed E-state index contributed by atoms with van der Waals surface area (Å²) in [6, 6.07) is 0. The molecule has 0 aromatic carbocycles. The van der Waals surface area contributed by atoms with Crippen LogP contribution in [-0.2, 0) is 4.74 Å². The van der Waals surface area contributed by atoms with E-state index in [0.29, 0.717) is 5.41 Å². The summed E-state index contributed by atoms with van der Waals surface area (Å²) in [5, 5.41) is 8.27. The van der Waals surface area contributed by atoms with E-state index < -0.39 is 6.16 Å². The third-order valence-corrected chi connectivity index (χ3v) is 2.56. The van der Waals surface area contributed by atoms with E-state index in [2.05, 4.69) is 18.6 Å². The quantitative estimate of drug-likeness (QED) is 0.627. The predicted molar refractivity (Wildman–Crippen MR) is 40.5 cm³/mol. The minimum atomic E-state index is -1.15. The molecule has 0 atom stereocenters. The standard InChI is InChI=1S/C8H14O3/c1-3-8(2)4-6(5-8)11-7(9)10/h6H,3-5H2,1-2H3,(H,9,10). The Morgan fingerprint density at radius 3 is 2.64 bits per heavy atom. The highest BCUT2D eigenvalue weighted by Gasteiger charge is 2.40. The second-order valence-electron chi connectivity index (χ2n) is 3.58. The molecule has 1 N–H and O–H groups in total. The van der Waals surface area contributed by atoms with Gasteiger partial charge in [-0.15, -0.1) is 0 Å². The highest BCUT2D eigenvalue weighted by molar-refractivity contribution is 5.57. The minimum absolute atomic E-state index is 0.0440. The number of hydrogen-bond acceptors (Lipinski definition) is 2. The van der Waals surface area contributed by atoms with Gasteiger partial charge in [0.15, 0.2) is 0 Å². The van der Waals surface area contributed by atoms with Crippen LogP contribution in [0.15, 0.2) is 0 Å². The van der Waals surface area contributed by atoms with Gasteiger partial charge in [0.1, 0.15) is 6.10 Å². The topological polar surface area (TPSA) is 46.5 Å². The second-order valence-corrected chi connectivity index (χ2v) is 3.58. The molecular weight excluding hydrogens is 144 g/mol. The van der Waals surface area contributed by atoms with Crippen LogP contribution in [0.4, 0.5) is 4.79 Å². The fraction of sp³-hybridized carbons (Fsp3) is 0.875. The molecule has 0 amide bonds. The van der Waals surface area contributed by atoms with Crippen LogP contribution in [0.5, 0.6) is 0 Å². The molecule has 64 valence electrons. The lowest BCUT2D eigenvalue weighted by Crippen LogP contribution is -2.40. The largest absolute Gasteiger partial charge is 0.506 e. The average molecular weight is 158 g/mol. The maximum Gasteiger partial charge on any atom is 0.506 e. The fourth-order valence-electron chi connectivity index (χ4n) is 1.55. The Morgan fingerprint density at radius 1 is 1.73 bits per heavy atom. The maximum absolute atomic E-state index is 10.1. The molecule has 1 rings (SSSR count). The maximum atomic E-state index is 10.1.